The summed E-state index contributed by atoms with van der Waals surface area (Å²) in [4.78, 5) is 36.4. The van der Waals surface area contributed by atoms with Crippen molar-refractivity contribution in [1.82, 2.24) is 4.98 Å². The maximum absolute atomic E-state index is 12.4. The first-order chi connectivity index (χ1) is 14.0. The molecule has 0 atom stereocenters. The summed E-state index contributed by atoms with van der Waals surface area (Å²) in [5.41, 5.74) is 5.99. The second kappa shape index (κ2) is 14.0. The molecule has 2 heterocycles. The van der Waals surface area contributed by atoms with Crippen molar-refractivity contribution in [1.29, 1.82) is 0 Å². The Morgan fingerprint density at radius 3 is 2.31 bits per heavy atom. The number of aromatic nitrogens is 1. The van der Waals surface area contributed by atoms with E-state index in [1.807, 2.05) is 17.5 Å². The van der Waals surface area contributed by atoms with Crippen molar-refractivity contribution < 1.29 is 29.3 Å². The molecular weight excluding hydrogens is 396 g/mol. The van der Waals surface area contributed by atoms with Gasteiger partial charge in [0.05, 0.1) is 17.0 Å². The van der Waals surface area contributed by atoms with Gasteiger partial charge >= 0.3 is 11.9 Å². The minimum absolute atomic E-state index is 0.0313. The van der Waals surface area contributed by atoms with Crippen LogP contribution in [0.15, 0.2) is 48.0 Å². The summed E-state index contributed by atoms with van der Waals surface area (Å²) >= 11 is 1.43. The first kappa shape index (κ1) is 24.0. The second-order valence-electron chi connectivity index (χ2n) is 5.72. The van der Waals surface area contributed by atoms with E-state index in [9.17, 15) is 14.4 Å². The van der Waals surface area contributed by atoms with E-state index >= 15 is 0 Å². The second-order valence-corrected chi connectivity index (χ2v) is 6.67. The van der Waals surface area contributed by atoms with Crippen LogP contribution in [0.5, 0.6) is 5.88 Å². The van der Waals surface area contributed by atoms with Gasteiger partial charge in [0.25, 0.3) is 0 Å². The number of ether oxygens (including phenoxy) is 1. The summed E-state index contributed by atoms with van der Waals surface area (Å²) in [6, 6.07) is 7.20. The van der Waals surface area contributed by atoms with Crippen molar-refractivity contribution in [2.75, 3.05) is 13.2 Å². The van der Waals surface area contributed by atoms with Gasteiger partial charge in [-0.15, -0.1) is 11.3 Å². The molecule has 0 radical (unpaired) electrons. The molecule has 0 aliphatic heterocycles. The molecule has 4 N–H and O–H groups in total. The minimum atomic E-state index is -1.26. The smallest absolute Gasteiger partial charge is 0.328 e. The van der Waals surface area contributed by atoms with Crippen molar-refractivity contribution >= 4 is 29.1 Å². The van der Waals surface area contributed by atoms with E-state index in [0.717, 1.165) is 32.2 Å². The molecule has 9 heteroatoms. The molecule has 0 saturated carbocycles. The summed E-state index contributed by atoms with van der Waals surface area (Å²) in [5, 5.41) is 17.5. The standard InChI is InChI=1S/C16H20N2O2S.C4H4O4/c17-9-3-1-2-4-11-20-16-13(7-5-10-18-16)15(19)14-8-6-12-21-14;5-3(6)1-2-4(7)8/h5-8,10,12H,1-4,9,11,17H2;1-2H,(H,5,6)(H,7,8). The van der Waals surface area contributed by atoms with Gasteiger partial charge < -0.3 is 20.7 Å². The van der Waals surface area contributed by atoms with Gasteiger partial charge in [0, 0.05) is 18.3 Å². The molecule has 0 bridgehead atoms. The lowest BCUT2D eigenvalue weighted by molar-refractivity contribution is -0.134. The lowest BCUT2D eigenvalue weighted by Gasteiger charge is -2.08. The number of hydrogen-bond acceptors (Lipinski definition) is 7. The Morgan fingerprint density at radius 2 is 1.72 bits per heavy atom. The third-order valence-electron chi connectivity index (χ3n) is 3.47. The van der Waals surface area contributed by atoms with Crippen molar-refractivity contribution in [2.24, 2.45) is 5.73 Å². The van der Waals surface area contributed by atoms with Gasteiger partial charge in [-0.3, -0.25) is 4.79 Å². The van der Waals surface area contributed by atoms with Crippen LogP contribution >= 0.6 is 11.3 Å². The topological polar surface area (TPSA) is 140 Å². The Bertz CT molecular complexity index is 789. The Labute approximate surface area is 172 Å². The highest BCUT2D eigenvalue weighted by molar-refractivity contribution is 7.12. The molecule has 2 aromatic rings. The van der Waals surface area contributed by atoms with Gasteiger partial charge in [-0.1, -0.05) is 18.9 Å². The Hall–Kier alpha value is -3.04. The molecule has 0 spiro atoms. The number of thiophene rings is 1. The third kappa shape index (κ3) is 10.2. The summed E-state index contributed by atoms with van der Waals surface area (Å²) in [6.07, 6.45) is 6.95. The first-order valence-corrected chi connectivity index (χ1v) is 9.83. The molecule has 0 saturated heterocycles. The molecule has 0 fully saturated rings. The average Bonchev–Trinajstić information content (AvgIpc) is 3.24. The van der Waals surface area contributed by atoms with E-state index < -0.39 is 11.9 Å². The predicted molar refractivity (Wildman–Crippen MR) is 109 cm³/mol. The number of aliphatic carboxylic acids is 2. The minimum Gasteiger partial charge on any atom is -0.478 e. The number of rotatable bonds is 11. The number of nitrogens with two attached hydrogens (primary N) is 1. The van der Waals surface area contributed by atoms with Gasteiger partial charge in [0.2, 0.25) is 11.7 Å². The first-order valence-electron chi connectivity index (χ1n) is 8.95. The highest BCUT2D eigenvalue weighted by atomic mass is 32.1. The number of carboxylic acid groups (broad SMARTS) is 2. The molecule has 156 valence electrons. The maximum atomic E-state index is 12.4. The van der Waals surface area contributed by atoms with Crippen molar-refractivity contribution in [3.63, 3.8) is 0 Å². The zero-order chi connectivity index (χ0) is 21.5. The highest BCUT2D eigenvalue weighted by Crippen LogP contribution is 2.21. The van der Waals surface area contributed by atoms with Crippen LogP contribution in [0.4, 0.5) is 0 Å². The van der Waals surface area contributed by atoms with Crippen LogP contribution in [-0.2, 0) is 9.59 Å². The number of carbonyl (C=O) groups excluding carboxylic acids is 1. The van der Waals surface area contributed by atoms with E-state index in [1.54, 1.807) is 18.3 Å². The molecular formula is C20H24N2O6S. The number of hydrogen-bond donors (Lipinski definition) is 3. The van der Waals surface area contributed by atoms with Crippen molar-refractivity contribution in [3.05, 3.63) is 58.4 Å². The van der Waals surface area contributed by atoms with Crippen molar-refractivity contribution in [3.8, 4) is 5.88 Å². The predicted octanol–water partition coefficient (Wildman–Crippen LogP) is 2.98. The van der Waals surface area contributed by atoms with Gasteiger partial charge in [-0.2, -0.15) is 0 Å². The molecule has 0 aliphatic carbocycles. The van der Waals surface area contributed by atoms with Gasteiger partial charge in [-0.25, -0.2) is 14.6 Å². The summed E-state index contributed by atoms with van der Waals surface area (Å²) in [7, 11) is 0. The maximum Gasteiger partial charge on any atom is 0.328 e. The number of pyridine rings is 1. The van der Waals surface area contributed by atoms with E-state index in [0.29, 0.717) is 35.1 Å². The van der Waals surface area contributed by atoms with Gasteiger partial charge in [0.1, 0.15) is 0 Å². The van der Waals surface area contributed by atoms with Crippen LogP contribution in [-0.4, -0.2) is 46.1 Å². The fourth-order valence-corrected chi connectivity index (χ4v) is 2.81. The Morgan fingerprint density at radius 1 is 1.03 bits per heavy atom. The Balaban J connectivity index is 0.000000447. The molecule has 2 rings (SSSR count). The quantitative estimate of drug-likeness (QED) is 0.286. The number of ketones is 1. The van der Waals surface area contributed by atoms with Crippen molar-refractivity contribution in [2.45, 2.75) is 25.7 Å². The largest absolute Gasteiger partial charge is 0.478 e. The molecule has 2 aromatic heterocycles. The van der Waals surface area contributed by atoms with Crippen LogP contribution < -0.4 is 10.5 Å². The van der Waals surface area contributed by atoms with Crippen LogP contribution in [0, 0.1) is 0 Å². The monoisotopic (exact) mass is 420 g/mol. The normalized spacial score (nSPS) is 10.2. The molecule has 0 amide bonds. The fraction of sp³-hybridized carbons (Fsp3) is 0.300. The van der Waals surface area contributed by atoms with Gasteiger partial charge in [-0.05, 0) is 43.0 Å². The number of nitrogens with zero attached hydrogens (tertiary/aromatic N) is 1. The van der Waals surface area contributed by atoms with E-state index in [-0.39, 0.29) is 5.78 Å². The van der Waals surface area contributed by atoms with Crippen LogP contribution in [0.25, 0.3) is 0 Å². The van der Waals surface area contributed by atoms with E-state index in [1.165, 1.54) is 11.3 Å². The zero-order valence-electron chi connectivity index (χ0n) is 15.8. The van der Waals surface area contributed by atoms with Gasteiger partial charge in [0.15, 0.2) is 0 Å². The number of carbonyl (C=O) groups is 3. The lowest BCUT2D eigenvalue weighted by atomic mass is 10.1. The number of unbranched alkanes of at least 4 members (excludes halogenated alkanes) is 3. The third-order valence-corrected chi connectivity index (χ3v) is 4.34. The van der Waals surface area contributed by atoms with E-state index in [2.05, 4.69) is 4.98 Å². The van der Waals surface area contributed by atoms with E-state index in [4.69, 9.17) is 20.7 Å². The molecule has 0 aliphatic rings. The number of carboxylic acids is 2. The summed E-state index contributed by atoms with van der Waals surface area (Å²) in [5.74, 6) is -2.12. The molecule has 8 nitrogen and oxygen atoms in total. The zero-order valence-corrected chi connectivity index (χ0v) is 16.6. The SMILES string of the molecule is NCCCCCCOc1ncccc1C(=O)c1cccs1.O=C(O)C=CC(=O)O. The lowest BCUT2D eigenvalue weighted by Crippen LogP contribution is -2.07. The van der Waals surface area contributed by atoms with Crippen LogP contribution in [0.1, 0.15) is 40.9 Å². The van der Waals surface area contributed by atoms with Crippen LogP contribution in [0.2, 0.25) is 0 Å². The Kier molecular flexibility index (Phi) is 11.6. The average molecular weight is 420 g/mol. The van der Waals surface area contributed by atoms with Crippen LogP contribution in [0.3, 0.4) is 0 Å². The summed E-state index contributed by atoms with van der Waals surface area (Å²) in [6.45, 7) is 1.31. The molecule has 29 heavy (non-hydrogen) atoms. The molecule has 0 aromatic carbocycles. The summed E-state index contributed by atoms with van der Waals surface area (Å²) < 4.78 is 5.68. The molecule has 0 unspecified atom stereocenters. The highest BCUT2D eigenvalue weighted by Gasteiger charge is 2.16. The fourth-order valence-electron chi connectivity index (χ4n) is 2.13.